The molecule has 0 spiro atoms. The standard InChI is InChI=1S/C11H14FN5O3/c12-6-5(1-4(2-18)8(6)19)17-3-14-7-9(17)15-11(13)16-10(7)20/h3-6,8,18-19H,1-2H2,(H3,13,15,16,20)/t4-,5-,6-,8-/m0/s1. The number of aromatic nitrogens is 4. The summed E-state index contributed by atoms with van der Waals surface area (Å²) in [6.45, 7) is -0.305. The highest BCUT2D eigenvalue weighted by molar-refractivity contribution is 5.70. The van der Waals surface area contributed by atoms with E-state index in [1.807, 2.05) is 0 Å². The molecule has 0 amide bonds. The van der Waals surface area contributed by atoms with Crippen molar-refractivity contribution >= 4 is 17.1 Å². The highest BCUT2D eigenvalue weighted by atomic mass is 19.1. The van der Waals surface area contributed by atoms with E-state index < -0.39 is 29.8 Å². The number of halogens is 1. The smallest absolute Gasteiger partial charge is 0.280 e. The molecule has 8 nitrogen and oxygen atoms in total. The minimum absolute atomic E-state index is 0.0633. The average Bonchev–Trinajstić information content (AvgIpc) is 2.93. The Morgan fingerprint density at radius 3 is 3.00 bits per heavy atom. The summed E-state index contributed by atoms with van der Waals surface area (Å²) < 4.78 is 15.5. The third-order valence-electron chi connectivity index (χ3n) is 3.76. The number of nitrogens with two attached hydrogens (primary N) is 1. The number of hydrogen-bond acceptors (Lipinski definition) is 6. The molecule has 0 radical (unpaired) electrons. The monoisotopic (exact) mass is 283 g/mol. The largest absolute Gasteiger partial charge is 0.396 e. The zero-order valence-electron chi connectivity index (χ0n) is 10.4. The van der Waals surface area contributed by atoms with Crippen molar-refractivity contribution in [3.8, 4) is 0 Å². The van der Waals surface area contributed by atoms with Gasteiger partial charge in [0.1, 0.15) is 6.17 Å². The fourth-order valence-corrected chi connectivity index (χ4v) is 2.70. The summed E-state index contributed by atoms with van der Waals surface area (Å²) in [7, 11) is 0. The Labute approximate surface area is 112 Å². The van der Waals surface area contributed by atoms with Crippen LogP contribution < -0.4 is 11.3 Å². The van der Waals surface area contributed by atoms with E-state index in [-0.39, 0.29) is 30.1 Å². The summed E-state index contributed by atoms with van der Waals surface area (Å²) in [5.74, 6) is -0.635. The SMILES string of the molecule is Nc1nc2c(ncn2[C@H]2C[C@@H](CO)[C@H](O)[C@H]2F)c(=O)[nH]1. The van der Waals surface area contributed by atoms with Crippen molar-refractivity contribution in [1.82, 2.24) is 19.5 Å². The third kappa shape index (κ3) is 1.78. The van der Waals surface area contributed by atoms with Gasteiger partial charge in [0.25, 0.3) is 5.56 Å². The Bertz CT molecular complexity index is 699. The molecule has 1 aliphatic rings. The van der Waals surface area contributed by atoms with Gasteiger partial charge in [0.2, 0.25) is 5.95 Å². The minimum Gasteiger partial charge on any atom is -0.396 e. The number of H-pyrrole nitrogens is 1. The van der Waals surface area contributed by atoms with Crippen LogP contribution in [0.25, 0.3) is 11.2 Å². The van der Waals surface area contributed by atoms with E-state index in [4.69, 9.17) is 10.8 Å². The first-order valence-electron chi connectivity index (χ1n) is 6.18. The van der Waals surface area contributed by atoms with Gasteiger partial charge < -0.3 is 20.5 Å². The van der Waals surface area contributed by atoms with E-state index >= 15 is 0 Å². The molecule has 9 heteroatoms. The van der Waals surface area contributed by atoms with Gasteiger partial charge >= 0.3 is 0 Å². The Morgan fingerprint density at radius 1 is 1.60 bits per heavy atom. The molecular weight excluding hydrogens is 269 g/mol. The number of hydrogen-bond donors (Lipinski definition) is 4. The molecule has 2 aromatic heterocycles. The van der Waals surface area contributed by atoms with E-state index in [1.165, 1.54) is 10.9 Å². The van der Waals surface area contributed by atoms with Crippen molar-refractivity contribution < 1.29 is 14.6 Å². The molecule has 5 N–H and O–H groups in total. The predicted octanol–water partition coefficient (Wildman–Crippen LogP) is -1.05. The molecule has 0 saturated heterocycles. The number of fused-ring (bicyclic) bond motifs is 1. The number of nitrogens with one attached hydrogen (secondary N) is 1. The van der Waals surface area contributed by atoms with Crippen LogP contribution in [0.15, 0.2) is 11.1 Å². The van der Waals surface area contributed by atoms with Crippen molar-refractivity contribution in [2.45, 2.75) is 24.7 Å². The number of nitrogen functional groups attached to an aromatic ring is 1. The second kappa shape index (κ2) is 4.53. The van der Waals surface area contributed by atoms with Crippen LogP contribution in [0.4, 0.5) is 10.3 Å². The van der Waals surface area contributed by atoms with Crippen molar-refractivity contribution in [1.29, 1.82) is 0 Å². The van der Waals surface area contributed by atoms with Gasteiger partial charge in [0.05, 0.1) is 18.5 Å². The Morgan fingerprint density at radius 2 is 2.35 bits per heavy atom. The molecule has 20 heavy (non-hydrogen) atoms. The number of imidazole rings is 1. The van der Waals surface area contributed by atoms with Crippen LogP contribution in [0.3, 0.4) is 0 Å². The van der Waals surface area contributed by atoms with Gasteiger partial charge in [-0.3, -0.25) is 9.78 Å². The van der Waals surface area contributed by atoms with Crippen LogP contribution >= 0.6 is 0 Å². The number of nitrogens with zero attached hydrogens (tertiary/aromatic N) is 3. The second-order valence-electron chi connectivity index (χ2n) is 4.96. The summed E-state index contributed by atoms with van der Waals surface area (Å²) in [4.78, 5) is 21.8. The maximum Gasteiger partial charge on any atom is 0.280 e. The van der Waals surface area contributed by atoms with Gasteiger partial charge in [-0.1, -0.05) is 0 Å². The maximum atomic E-state index is 14.2. The van der Waals surface area contributed by atoms with Gasteiger partial charge in [-0.25, -0.2) is 9.37 Å². The zero-order chi connectivity index (χ0) is 14.4. The third-order valence-corrected chi connectivity index (χ3v) is 3.76. The van der Waals surface area contributed by atoms with E-state index in [1.54, 1.807) is 0 Å². The number of aliphatic hydroxyl groups excluding tert-OH is 2. The lowest BCUT2D eigenvalue weighted by molar-refractivity contribution is 0.0400. The molecule has 4 atom stereocenters. The van der Waals surface area contributed by atoms with Crippen molar-refractivity contribution in [2.75, 3.05) is 12.3 Å². The molecule has 3 rings (SSSR count). The fourth-order valence-electron chi connectivity index (χ4n) is 2.70. The van der Waals surface area contributed by atoms with Crippen LogP contribution in [0.5, 0.6) is 0 Å². The topological polar surface area (TPSA) is 130 Å². The zero-order valence-corrected chi connectivity index (χ0v) is 10.4. The molecule has 108 valence electrons. The molecule has 1 saturated carbocycles. The summed E-state index contributed by atoms with van der Waals surface area (Å²) in [6, 6.07) is -0.735. The average molecular weight is 283 g/mol. The molecule has 2 aromatic rings. The lowest BCUT2D eigenvalue weighted by atomic mass is 10.1. The fraction of sp³-hybridized carbons (Fsp3) is 0.545. The number of aromatic amines is 1. The molecular formula is C11H14FN5O3. The summed E-state index contributed by atoms with van der Waals surface area (Å²) in [5, 5.41) is 18.9. The van der Waals surface area contributed by atoms with Gasteiger partial charge in [-0.15, -0.1) is 0 Å². The number of alkyl halides is 1. The summed E-state index contributed by atoms with van der Waals surface area (Å²) in [5.41, 5.74) is 5.21. The minimum atomic E-state index is -1.56. The van der Waals surface area contributed by atoms with Crippen LogP contribution in [0.1, 0.15) is 12.5 Å². The van der Waals surface area contributed by atoms with Gasteiger partial charge in [0.15, 0.2) is 11.2 Å². The Kier molecular flexibility index (Phi) is 2.94. The second-order valence-corrected chi connectivity index (χ2v) is 4.96. The quantitative estimate of drug-likeness (QED) is 0.556. The molecule has 1 aliphatic carbocycles. The van der Waals surface area contributed by atoms with Crippen LogP contribution in [-0.2, 0) is 0 Å². The van der Waals surface area contributed by atoms with E-state index in [9.17, 15) is 14.3 Å². The van der Waals surface area contributed by atoms with E-state index in [0.717, 1.165) is 0 Å². The van der Waals surface area contributed by atoms with Crippen molar-refractivity contribution in [3.63, 3.8) is 0 Å². The first-order valence-corrected chi connectivity index (χ1v) is 6.18. The Balaban J connectivity index is 2.09. The van der Waals surface area contributed by atoms with Crippen molar-refractivity contribution in [3.05, 3.63) is 16.7 Å². The number of anilines is 1. The highest BCUT2D eigenvalue weighted by Gasteiger charge is 2.44. The van der Waals surface area contributed by atoms with E-state index in [0.29, 0.717) is 0 Å². The maximum absolute atomic E-state index is 14.2. The molecule has 1 fully saturated rings. The van der Waals surface area contributed by atoms with Gasteiger partial charge in [0, 0.05) is 12.5 Å². The first-order chi connectivity index (χ1) is 9.52. The van der Waals surface area contributed by atoms with Crippen molar-refractivity contribution in [2.24, 2.45) is 5.92 Å². The van der Waals surface area contributed by atoms with Crippen LogP contribution in [0.2, 0.25) is 0 Å². The molecule has 0 bridgehead atoms. The number of aliphatic hydroxyl groups is 2. The molecule has 2 heterocycles. The van der Waals surface area contributed by atoms with Gasteiger partial charge in [-0.2, -0.15) is 4.98 Å². The summed E-state index contributed by atoms with van der Waals surface area (Å²) >= 11 is 0. The first kappa shape index (κ1) is 13.0. The lowest BCUT2D eigenvalue weighted by Gasteiger charge is -2.16. The highest BCUT2D eigenvalue weighted by Crippen LogP contribution is 2.38. The number of rotatable bonds is 2. The molecule has 0 unspecified atom stereocenters. The molecule has 0 aliphatic heterocycles. The van der Waals surface area contributed by atoms with Crippen LogP contribution in [0, 0.1) is 5.92 Å². The molecule has 0 aromatic carbocycles. The van der Waals surface area contributed by atoms with Crippen LogP contribution in [-0.4, -0.2) is 48.6 Å². The van der Waals surface area contributed by atoms with Gasteiger partial charge in [-0.05, 0) is 6.42 Å². The van der Waals surface area contributed by atoms with E-state index in [2.05, 4.69) is 15.0 Å². The lowest BCUT2D eigenvalue weighted by Crippen LogP contribution is -2.27. The summed E-state index contributed by atoms with van der Waals surface area (Å²) in [6.07, 6.45) is -1.27. The Hall–Kier alpha value is -2.00. The predicted molar refractivity (Wildman–Crippen MR) is 67.7 cm³/mol. The normalized spacial score (nSPS) is 30.1.